The van der Waals surface area contributed by atoms with Gasteiger partial charge in [-0.3, -0.25) is 9.78 Å². The van der Waals surface area contributed by atoms with Gasteiger partial charge in [0, 0.05) is 30.3 Å². The number of hydrogen-bond donors (Lipinski definition) is 3. The Morgan fingerprint density at radius 3 is 3.06 bits per heavy atom. The molecule has 0 aromatic carbocycles. The van der Waals surface area contributed by atoms with Crippen molar-refractivity contribution >= 4 is 33.6 Å². The van der Waals surface area contributed by atoms with E-state index in [0.29, 0.717) is 5.95 Å². The topological polar surface area (TPSA) is 86.5 Å². The van der Waals surface area contributed by atoms with E-state index in [-0.39, 0.29) is 5.56 Å². The summed E-state index contributed by atoms with van der Waals surface area (Å²) >= 11 is 5.12. The number of hydrogen-bond acceptors (Lipinski definition) is 5. The van der Waals surface area contributed by atoms with Gasteiger partial charge in [-0.15, -0.1) is 0 Å². The maximum atomic E-state index is 11.0. The minimum atomic E-state index is -0.151. The quantitative estimate of drug-likeness (QED) is 0.701. The molecular formula is C10H12BrN5OS. The number of aromatic nitrogens is 4. The van der Waals surface area contributed by atoms with Crippen LogP contribution < -0.4 is 10.9 Å². The lowest BCUT2D eigenvalue weighted by molar-refractivity contribution is 1.06. The number of rotatable bonds is 6. The van der Waals surface area contributed by atoms with E-state index >= 15 is 0 Å². The molecule has 0 saturated heterocycles. The molecule has 0 bridgehead atoms. The predicted molar refractivity (Wildman–Crippen MR) is 75.8 cm³/mol. The summed E-state index contributed by atoms with van der Waals surface area (Å²) in [5, 5.41) is 3.06. The zero-order valence-electron chi connectivity index (χ0n) is 9.44. The highest BCUT2D eigenvalue weighted by Gasteiger charge is 2.01. The lowest BCUT2D eigenvalue weighted by Gasteiger charge is -2.04. The number of halogens is 1. The van der Waals surface area contributed by atoms with Crippen LogP contribution in [0.4, 0.5) is 5.95 Å². The van der Waals surface area contributed by atoms with Gasteiger partial charge < -0.3 is 10.3 Å². The summed E-state index contributed by atoms with van der Waals surface area (Å²) in [6.07, 6.45) is 3.15. The van der Waals surface area contributed by atoms with Crippen LogP contribution in [-0.4, -0.2) is 32.2 Å². The van der Waals surface area contributed by atoms with Gasteiger partial charge in [-0.1, -0.05) is 0 Å². The normalized spacial score (nSPS) is 10.5. The van der Waals surface area contributed by atoms with Gasteiger partial charge in [0.25, 0.3) is 5.56 Å². The van der Waals surface area contributed by atoms with Crippen LogP contribution in [0.5, 0.6) is 0 Å². The van der Waals surface area contributed by atoms with E-state index in [2.05, 4.69) is 41.2 Å². The number of nitrogens with zero attached hydrogens (tertiary/aromatic N) is 2. The maximum absolute atomic E-state index is 11.0. The Labute approximate surface area is 116 Å². The molecule has 3 N–H and O–H groups in total. The van der Waals surface area contributed by atoms with Crippen LogP contribution >= 0.6 is 27.7 Å². The molecule has 0 atom stereocenters. The van der Waals surface area contributed by atoms with Gasteiger partial charge in [0.2, 0.25) is 5.95 Å². The Hall–Kier alpha value is -1.28. The van der Waals surface area contributed by atoms with Gasteiger partial charge in [0.1, 0.15) is 4.60 Å². The molecule has 2 rings (SSSR count). The summed E-state index contributed by atoms with van der Waals surface area (Å²) < 4.78 is 0.858. The summed E-state index contributed by atoms with van der Waals surface area (Å²) in [4.78, 5) is 24.7. The van der Waals surface area contributed by atoms with Crippen molar-refractivity contribution in [1.29, 1.82) is 0 Å². The average Bonchev–Trinajstić information content (AvgIpc) is 2.75. The van der Waals surface area contributed by atoms with Gasteiger partial charge >= 0.3 is 0 Å². The van der Waals surface area contributed by atoms with Crippen molar-refractivity contribution < 1.29 is 0 Å². The first-order valence-corrected chi connectivity index (χ1v) is 7.25. The van der Waals surface area contributed by atoms with Crippen LogP contribution in [0.15, 0.2) is 28.0 Å². The highest BCUT2D eigenvalue weighted by molar-refractivity contribution is 9.10. The van der Waals surface area contributed by atoms with E-state index in [4.69, 9.17) is 0 Å². The molecule has 0 fully saturated rings. The molecule has 0 amide bonds. The third-order valence-corrected chi connectivity index (χ3v) is 3.79. The van der Waals surface area contributed by atoms with E-state index < -0.39 is 0 Å². The van der Waals surface area contributed by atoms with Gasteiger partial charge in [-0.25, -0.2) is 9.97 Å². The van der Waals surface area contributed by atoms with Crippen molar-refractivity contribution in [2.45, 2.75) is 5.75 Å². The van der Waals surface area contributed by atoms with Crippen molar-refractivity contribution in [3.63, 3.8) is 0 Å². The van der Waals surface area contributed by atoms with Crippen LogP contribution in [0.2, 0.25) is 0 Å². The lowest BCUT2D eigenvalue weighted by Crippen LogP contribution is -2.13. The molecule has 0 unspecified atom stereocenters. The highest BCUT2D eigenvalue weighted by atomic mass is 79.9. The summed E-state index contributed by atoms with van der Waals surface area (Å²) in [5.74, 6) is 2.27. The van der Waals surface area contributed by atoms with Crippen LogP contribution in [0.25, 0.3) is 0 Å². The number of aromatic amines is 2. The maximum Gasteiger partial charge on any atom is 0.252 e. The fourth-order valence-corrected chi connectivity index (χ4v) is 2.64. The molecule has 0 saturated carbocycles. The van der Waals surface area contributed by atoms with E-state index in [0.717, 1.165) is 28.3 Å². The van der Waals surface area contributed by atoms with Crippen LogP contribution in [0.1, 0.15) is 5.69 Å². The molecule has 18 heavy (non-hydrogen) atoms. The summed E-state index contributed by atoms with van der Waals surface area (Å²) in [7, 11) is 0. The van der Waals surface area contributed by atoms with Crippen molar-refractivity contribution in [2.75, 3.05) is 17.6 Å². The van der Waals surface area contributed by atoms with Crippen molar-refractivity contribution in [3.8, 4) is 0 Å². The van der Waals surface area contributed by atoms with Crippen LogP contribution in [0.3, 0.4) is 0 Å². The largest absolute Gasteiger partial charge is 0.355 e. The Balaban J connectivity index is 1.68. The van der Waals surface area contributed by atoms with Gasteiger partial charge in [0.05, 0.1) is 12.0 Å². The smallest absolute Gasteiger partial charge is 0.252 e. The second-order valence-corrected chi connectivity index (χ2v) is 5.29. The molecule has 8 heteroatoms. The van der Waals surface area contributed by atoms with E-state index in [1.807, 2.05) is 0 Å². The lowest BCUT2D eigenvalue weighted by atomic mass is 10.6. The Bertz CT molecular complexity index is 555. The summed E-state index contributed by atoms with van der Waals surface area (Å²) in [6, 6.07) is 1.38. The first kappa shape index (κ1) is 13.2. The fraction of sp³-hybridized carbons (Fsp3) is 0.300. The Morgan fingerprint density at radius 1 is 1.44 bits per heavy atom. The molecule has 0 aliphatic heterocycles. The molecule has 2 heterocycles. The van der Waals surface area contributed by atoms with Crippen LogP contribution in [-0.2, 0) is 5.75 Å². The number of H-pyrrole nitrogens is 2. The third kappa shape index (κ3) is 3.88. The highest BCUT2D eigenvalue weighted by Crippen LogP contribution is 2.17. The zero-order valence-corrected chi connectivity index (χ0v) is 11.8. The van der Waals surface area contributed by atoms with Gasteiger partial charge in [-0.2, -0.15) is 11.8 Å². The number of imidazole rings is 1. The van der Waals surface area contributed by atoms with E-state index in [1.165, 1.54) is 12.3 Å². The number of anilines is 1. The second-order valence-electron chi connectivity index (χ2n) is 3.43. The molecule has 96 valence electrons. The SMILES string of the molecule is O=c1ccnc(NCCSCc2[nH]cnc2Br)[nH]1. The second kappa shape index (κ2) is 6.60. The van der Waals surface area contributed by atoms with Gasteiger partial charge in [-0.05, 0) is 15.9 Å². The molecular weight excluding hydrogens is 318 g/mol. The monoisotopic (exact) mass is 329 g/mol. The van der Waals surface area contributed by atoms with Crippen molar-refractivity contribution in [2.24, 2.45) is 0 Å². The van der Waals surface area contributed by atoms with E-state index in [9.17, 15) is 4.79 Å². The third-order valence-electron chi connectivity index (χ3n) is 2.12. The first-order chi connectivity index (χ1) is 8.75. The predicted octanol–water partition coefficient (Wildman–Crippen LogP) is 1.60. The number of nitrogens with one attached hydrogen (secondary N) is 3. The minimum Gasteiger partial charge on any atom is -0.355 e. The minimum absolute atomic E-state index is 0.151. The van der Waals surface area contributed by atoms with E-state index in [1.54, 1.807) is 18.1 Å². The number of thioether (sulfide) groups is 1. The summed E-state index contributed by atoms with van der Waals surface area (Å²) in [5.41, 5.74) is 0.924. The standard InChI is InChI=1S/C10H12BrN5OS/c11-9-7(14-6-15-9)5-18-4-3-13-10-12-2-1-8(17)16-10/h1-2,6H,3-5H2,(H,14,15)(H2,12,13,16,17). The van der Waals surface area contributed by atoms with Gasteiger partial charge in [0.15, 0.2) is 0 Å². The average molecular weight is 330 g/mol. The zero-order chi connectivity index (χ0) is 12.8. The Morgan fingerprint density at radius 2 is 2.33 bits per heavy atom. The van der Waals surface area contributed by atoms with Crippen molar-refractivity contribution in [3.05, 3.63) is 39.2 Å². The Kier molecular flexibility index (Phi) is 4.82. The molecule has 0 radical (unpaired) electrons. The summed E-state index contributed by atoms with van der Waals surface area (Å²) in [6.45, 7) is 0.739. The molecule has 0 aliphatic rings. The fourth-order valence-electron chi connectivity index (χ4n) is 1.28. The van der Waals surface area contributed by atoms with Crippen LogP contribution in [0, 0.1) is 0 Å². The molecule has 0 aliphatic carbocycles. The molecule has 2 aromatic rings. The first-order valence-electron chi connectivity index (χ1n) is 5.30. The molecule has 0 spiro atoms. The molecule has 2 aromatic heterocycles. The molecule has 6 nitrogen and oxygen atoms in total. The van der Waals surface area contributed by atoms with Crippen molar-refractivity contribution in [1.82, 2.24) is 19.9 Å².